The number of hydrogen-bond donors (Lipinski definition) is 1. The van der Waals surface area contributed by atoms with E-state index in [-0.39, 0.29) is 0 Å². The maximum atomic E-state index is 4.54. The summed E-state index contributed by atoms with van der Waals surface area (Å²) in [5.41, 5.74) is 1.27. The zero-order valence-corrected chi connectivity index (χ0v) is 11.3. The average Bonchev–Trinajstić information content (AvgIpc) is 3.11. The van der Waals surface area contributed by atoms with Gasteiger partial charge in [0.05, 0.1) is 10.7 Å². The van der Waals surface area contributed by atoms with Crippen LogP contribution in [-0.4, -0.2) is 42.1 Å². The molecule has 3 rings (SSSR count). The van der Waals surface area contributed by atoms with E-state index in [1.54, 1.807) is 11.3 Å². The Balaban J connectivity index is 1.47. The van der Waals surface area contributed by atoms with E-state index in [0.717, 1.165) is 24.9 Å². The third-order valence-corrected chi connectivity index (χ3v) is 4.65. The van der Waals surface area contributed by atoms with Gasteiger partial charge < -0.3 is 10.2 Å². The van der Waals surface area contributed by atoms with Gasteiger partial charge in [-0.25, -0.2) is 4.98 Å². The van der Waals surface area contributed by atoms with E-state index in [0.29, 0.717) is 0 Å². The SMILES string of the molecule is Cc1nc(CCN2CCNC(C3CC3)C2)cs1. The summed E-state index contributed by atoms with van der Waals surface area (Å²) in [6.45, 7) is 6.87. The summed E-state index contributed by atoms with van der Waals surface area (Å²) in [6, 6.07) is 0.765. The lowest BCUT2D eigenvalue weighted by Gasteiger charge is -2.33. The fourth-order valence-electron chi connectivity index (χ4n) is 2.66. The summed E-state index contributed by atoms with van der Waals surface area (Å²) < 4.78 is 0. The third-order valence-electron chi connectivity index (χ3n) is 3.83. The fraction of sp³-hybridized carbons (Fsp3) is 0.769. The molecule has 0 radical (unpaired) electrons. The molecule has 2 heterocycles. The van der Waals surface area contributed by atoms with E-state index < -0.39 is 0 Å². The van der Waals surface area contributed by atoms with Crippen molar-refractivity contribution in [3.63, 3.8) is 0 Å². The summed E-state index contributed by atoms with van der Waals surface area (Å²) in [5, 5.41) is 7.05. The van der Waals surface area contributed by atoms with E-state index >= 15 is 0 Å². The minimum atomic E-state index is 0.765. The van der Waals surface area contributed by atoms with Gasteiger partial charge in [0.2, 0.25) is 0 Å². The van der Waals surface area contributed by atoms with Crippen LogP contribution in [0.1, 0.15) is 23.5 Å². The van der Waals surface area contributed by atoms with Crippen LogP contribution < -0.4 is 5.32 Å². The van der Waals surface area contributed by atoms with Crippen molar-refractivity contribution >= 4 is 11.3 Å². The van der Waals surface area contributed by atoms with Crippen molar-refractivity contribution in [2.75, 3.05) is 26.2 Å². The van der Waals surface area contributed by atoms with Crippen molar-refractivity contribution < 1.29 is 0 Å². The molecule has 94 valence electrons. The van der Waals surface area contributed by atoms with Crippen molar-refractivity contribution in [3.8, 4) is 0 Å². The van der Waals surface area contributed by atoms with Crippen LogP contribution in [0, 0.1) is 12.8 Å². The molecule has 1 saturated heterocycles. The number of thiazole rings is 1. The maximum Gasteiger partial charge on any atom is 0.0897 e. The first-order valence-electron chi connectivity index (χ1n) is 6.68. The lowest BCUT2D eigenvalue weighted by Crippen LogP contribution is -2.52. The lowest BCUT2D eigenvalue weighted by atomic mass is 10.1. The van der Waals surface area contributed by atoms with Crippen molar-refractivity contribution in [2.24, 2.45) is 5.92 Å². The van der Waals surface area contributed by atoms with Crippen LogP contribution >= 0.6 is 11.3 Å². The first kappa shape index (κ1) is 11.6. The normalized spacial score (nSPS) is 26.3. The Morgan fingerprint density at radius 3 is 3.12 bits per heavy atom. The Bertz CT molecular complexity index is 372. The number of nitrogens with one attached hydrogen (secondary N) is 1. The van der Waals surface area contributed by atoms with Gasteiger partial charge in [-0.15, -0.1) is 11.3 Å². The van der Waals surface area contributed by atoms with E-state index in [9.17, 15) is 0 Å². The monoisotopic (exact) mass is 251 g/mol. The quantitative estimate of drug-likeness (QED) is 0.882. The van der Waals surface area contributed by atoms with Gasteiger partial charge >= 0.3 is 0 Å². The van der Waals surface area contributed by atoms with Crippen molar-refractivity contribution in [2.45, 2.75) is 32.2 Å². The second-order valence-corrected chi connectivity index (χ2v) is 6.37. The number of aryl methyl sites for hydroxylation is 1. The third kappa shape index (κ3) is 3.06. The molecule has 2 aliphatic rings. The summed E-state index contributed by atoms with van der Waals surface area (Å²) in [4.78, 5) is 7.14. The standard InChI is InChI=1S/C13H21N3S/c1-10-15-12(9-17-10)4-6-16-7-5-14-13(8-16)11-2-3-11/h9,11,13-14H,2-8H2,1H3. The van der Waals surface area contributed by atoms with Crippen LogP contribution in [0.15, 0.2) is 5.38 Å². The first-order chi connectivity index (χ1) is 8.31. The van der Waals surface area contributed by atoms with E-state index in [1.807, 2.05) is 0 Å². The van der Waals surface area contributed by atoms with Crippen molar-refractivity contribution in [1.29, 1.82) is 0 Å². The molecule has 17 heavy (non-hydrogen) atoms. The second-order valence-electron chi connectivity index (χ2n) is 5.31. The number of piperazine rings is 1. The molecule has 1 unspecified atom stereocenters. The molecule has 1 saturated carbocycles. The molecule has 1 N–H and O–H groups in total. The highest BCUT2D eigenvalue weighted by atomic mass is 32.1. The molecule has 0 aromatic carbocycles. The van der Waals surface area contributed by atoms with Gasteiger partial charge in [-0.3, -0.25) is 0 Å². The average molecular weight is 251 g/mol. The fourth-order valence-corrected chi connectivity index (χ4v) is 3.30. The second kappa shape index (κ2) is 5.04. The highest BCUT2D eigenvalue weighted by Crippen LogP contribution is 2.33. The Hall–Kier alpha value is -0.450. The molecule has 0 amide bonds. The van der Waals surface area contributed by atoms with Gasteiger partial charge in [0.1, 0.15) is 0 Å². The minimum Gasteiger partial charge on any atom is -0.311 e. The number of rotatable bonds is 4. The lowest BCUT2D eigenvalue weighted by molar-refractivity contribution is 0.190. The van der Waals surface area contributed by atoms with Gasteiger partial charge in [-0.1, -0.05) is 0 Å². The van der Waals surface area contributed by atoms with Gasteiger partial charge in [-0.05, 0) is 25.7 Å². The molecule has 2 fully saturated rings. The van der Waals surface area contributed by atoms with E-state index in [1.165, 1.54) is 43.2 Å². The van der Waals surface area contributed by atoms with Crippen LogP contribution in [0.5, 0.6) is 0 Å². The van der Waals surface area contributed by atoms with Crippen molar-refractivity contribution in [1.82, 2.24) is 15.2 Å². The molecular weight excluding hydrogens is 230 g/mol. The predicted octanol–water partition coefficient (Wildman–Crippen LogP) is 1.68. The Kier molecular flexibility index (Phi) is 3.45. The highest BCUT2D eigenvalue weighted by Gasteiger charge is 2.33. The molecule has 1 aliphatic heterocycles. The largest absolute Gasteiger partial charge is 0.311 e. The number of nitrogens with zero attached hydrogens (tertiary/aromatic N) is 2. The van der Waals surface area contributed by atoms with Crippen LogP contribution in [-0.2, 0) is 6.42 Å². The Morgan fingerprint density at radius 2 is 2.41 bits per heavy atom. The molecular formula is C13H21N3S. The summed E-state index contributed by atoms with van der Waals surface area (Å²) in [7, 11) is 0. The summed E-state index contributed by atoms with van der Waals surface area (Å²) in [5.74, 6) is 0.972. The summed E-state index contributed by atoms with van der Waals surface area (Å²) in [6.07, 6.45) is 4.00. The molecule has 3 nitrogen and oxygen atoms in total. The highest BCUT2D eigenvalue weighted by molar-refractivity contribution is 7.09. The predicted molar refractivity (Wildman–Crippen MR) is 71.5 cm³/mol. The number of aromatic nitrogens is 1. The molecule has 1 aromatic rings. The molecule has 1 atom stereocenters. The van der Waals surface area contributed by atoms with Gasteiger partial charge in [0, 0.05) is 44.0 Å². The molecule has 1 aromatic heterocycles. The van der Waals surface area contributed by atoms with Crippen LogP contribution in [0.25, 0.3) is 0 Å². The van der Waals surface area contributed by atoms with Crippen LogP contribution in [0.4, 0.5) is 0 Å². The van der Waals surface area contributed by atoms with Gasteiger partial charge in [0.15, 0.2) is 0 Å². The minimum absolute atomic E-state index is 0.765. The zero-order chi connectivity index (χ0) is 11.7. The zero-order valence-electron chi connectivity index (χ0n) is 10.5. The molecule has 4 heteroatoms. The van der Waals surface area contributed by atoms with Crippen LogP contribution in [0.2, 0.25) is 0 Å². The summed E-state index contributed by atoms with van der Waals surface area (Å²) >= 11 is 1.76. The molecule has 0 bridgehead atoms. The molecule has 1 aliphatic carbocycles. The number of hydrogen-bond acceptors (Lipinski definition) is 4. The Morgan fingerprint density at radius 1 is 1.53 bits per heavy atom. The molecule has 0 spiro atoms. The Labute approximate surface area is 107 Å². The topological polar surface area (TPSA) is 28.2 Å². The smallest absolute Gasteiger partial charge is 0.0897 e. The van der Waals surface area contributed by atoms with Crippen molar-refractivity contribution in [3.05, 3.63) is 16.1 Å². The maximum absolute atomic E-state index is 4.54. The van der Waals surface area contributed by atoms with Gasteiger partial charge in [0.25, 0.3) is 0 Å². The first-order valence-corrected chi connectivity index (χ1v) is 7.56. The van der Waals surface area contributed by atoms with Gasteiger partial charge in [-0.2, -0.15) is 0 Å². The van der Waals surface area contributed by atoms with E-state index in [2.05, 4.69) is 27.5 Å². The van der Waals surface area contributed by atoms with E-state index in [4.69, 9.17) is 0 Å². The van der Waals surface area contributed by atoms with Crippen LogP contribution in [0.3, 0.4) is 0 Å².